The molecule has 17 heavy (non-hydrogen) atoms. The second-order valence-corrected chi connectivity index (χ2v) is 6.68. The van der Waals surface area contributed by atoms with Crippen LogP contribution in [0, 0.1) is 13.8 Å². The normalized spacial score (nSPS) is 13.0. The molecule has 1 N–H and O–H groups in total. The Balaban J connectivity index is 2.22. The summed E-state index contributed by atoms with van der Waals surface area (Å²) in [5.74, 6) is 0. The van der Waals surface area contributed by atoms with Crippen LogP contribution in [0.2, 0.25) is 0 Å². The van der Waals surface area contributed by atoms with E-state index in [0.29, 0.717) is 6.42 Å². The number of thiophene rings is 1. The lowest BCUT2D eigenvalue weighted by atomic mass is 10.0. The van der Waals surface area contributed by atoms with Crippen molar-refractivity contribution in [3.8, 4) is 0 Å². The van der Waals surface area contributed by atoms with E-state index in [9.17, 15) is 5.11 Å². The van der Waals surface area contributed by atoms with E-state index in [1.54, 1.807) is 11.3 Å². The lowest BCUT2D eigenvalue weighted by Crippen LogP contribution is -2.03. The van der Waals surface area contributed by atoms with Crippen molar-refractivity contribution in [3.63, 3.8) is 0 Å². The molecule has 0 amide bonds. The van der Waals surface area contributed by atoms with Crippen LogP contribution in [0.4, 0.5) is 0 Å². The number of aliphatic hydroxyl groups is 1. The first-order valence-corrected chi connectivity index (χ1v) is 7.02. The Morgan fingerprint density at radius 2 is 2.18 bits per heavy atom. The Morgan fingerprint density at radius 1 is 1.47 bits per heavy atom. The second kappa shape index (κ2) is 4.92. The van der Waals surface area contributed by atoms with Gasteiger partial charge in [-0.25, -0.2) is 0 Å². The van der Waals surface area contributed by atoms with Crippen LogP contribution in [-0.4, -0.2) is 14.9 Å². The van der Waals surface area contributed by atoms with Crippen molar-refractivity contribution in [2.24, 2.45) is 7.05 Å². The maximum atomic E-state index is 10.3. The summed E-state index contributed by atoms with van der Waals surface area (Å²) >= 11 is 5.09. The zero-order valence-corrected chi connectivity index (χ0v) is 12.5. The molecule has 2 aromatic heterocycles. The summed E-state index contributed by atoms with van der Waals surface area (Å²) in [4.78, 5) is 1.17. The average Bonchev–Trinajstić information content (AvgIpc) is 2.73. The summed E-state index contributed by atoms with van der Waals surface area (Å²) in [5.41, 5.74) is 2.90. The number of aromatic nitrogens is 2. The third-order valence-electron chi connectivity index (χ3n) is 2.92. The van der Waals surface area contributed by atoms with Crippen molar-refractivity contribution in [1.82, 2.24) is 9.78 Å². The van der Waals surface area contributed by atoms with Gasteiger partial charge in [0, 0.05) is 29.6 Å². The number of rotatable bonds is 3. The molecule has 0 saturated carbocycles. The first-order valence-electron chi connectivity index (χ1n) is 5.41. The van der Waals surface area contributed by atoms with E-state index < -0.39 is 6.10 Å². The number of hydrogen-bond donors (Lipinski definition) is 1. The first-order chi connectivity index (χ1) is 7.99. The molecule has 0 spiro atoms. The molecule has 3 nitrogen and oxygen atoms in total. The van der Waals surface area contributed by atoms with Gasteiger partial charge in [-0.3, -0.25) is 4.68 Å². The highest BCUT2D eigenvalue weighted by Gasteiger charge is 2.18. The van der Waals surface area contributed by atoms with Crippen LogP contribution in [0.1, 0.15) is 27.9 Å². The minimum absolute atomic E-state index is 0.478. The molecule has 0 saturated heterocycles. The van der Waals surface area contributed by atoms with Crippen LogP contribution in [0.3, 0.4) is 0 Å². The van der Waals surface area contributed by atoms with E-state index in [1.165, 1.54) is 4.88 Å². The summed E-state index contributed by atoms with van der Waals surface area (Å²) < 4.78 is 2.91. The molecule has 0 fully saturated rings. The molecule has 0 bridgehead atoms. The Bertz CT molecular complexity index is 533. The first kappa shape index (κ1) is 12.8. The van der Waals surface area contributed by atoms with Gasteiger partial charge in [0.2, 0.25) is 0 Å². The number of aliphatic hydroxyl groups excluding tert-OH is 1. The van der Waals surface area contributed by atoms with Crippen LogP contribution in [0.5, 0.6) is 0 Å². The number of nitrogens with zero attached hydrogens (tertiary/aromatic N) is 2. The van der Waals surface area contributed by atoms with Gasteiger partial charge in [-0.1, -0.05) is 0 Å². The molecule has 0 aliphatic carbocycles. The maximum Gasteiger partial charge on any atom is 0.0874 e. The van der Waals surface area contributed by atoms with Gasteiger partial charge in [0.1, 0.15) is 0 Å². The van der Waals surface area contributed by atoms with Gasteiger partial charge in [0.15, 0.2) is 0 Å². The zero-order valence-electron chi connectivity index (χ0n) is 10.1. The Hall–Kier alpha value is -0.650. The summed E-state index contributed by atoms with van der Waals surface area (Å²) in [6, 6.07) is 4.05. The van der Waals surface area contributed by atoms with Gasteiger partial charge in [0.05, 0.1) is 15.6 Å². The van der Waals surface area contributed by atoms with Crippen molar-refractivity contribution in [2.75, 3.05) is 0 Å². The fourth-order valence-electron chi connectivity index (χ4n) is 2.03. The fourth-order valence-corrected chi connectivity index (χ4v) is 3.55. The highest BCUT2D eigenvalue weighted by Crippen LogP contribution is 2.29. The Labute approximate surface area is 113 Å². The minimum Gasteiger partial charge on any atom is -0.388 e. The number of aryl methyl sites for hydroxylation is 2. The van der Waals surface area contributed by atoms with E-state index in [-0.39, 0.29) is 0 Å². The van der Waals surface area contributed by atoms with Crippen molar-refractivity contribution in [3.05, 3.63) is 37.7 Å². The van der Waals surface area contributed by atoms with E-state index in [1.807, 2.05) is 37.7 Å². The third-order valence-corrected chi connectivity index (χ3v) is 4.57. The lowest BCUT2D eigenvalue weighted by Gasteiger charge is -2.10. The molecule has 2 rings (SSSR count). The van der Waals surface area contributed by atoms with Crippen LogP contribution in [0.25, 0.3) is 0 Å². The molecule has 0 radical (unpaired) electrons. The predicted molar refractivity (Wildman–Crippen MR) is 73.4 cm³/mol. The molecule has 2 heterocycles. The maximum absolute atomic E-state index is 10.3. The quantitative estimate of drug-likeness (QED) is 0.945. The third kappa shape index (κ3) is 2.61. The SMILES string of the molecule is Cc1nn(C)c(C)c1C(O)Cc1ccc(Br)s1. The van der Waals surface area contributed by atoms with E-state index in [0.717, 1.165) is 20.7 Å². The smallest absolute Gasteiger partial charge is 0.0874 e. The van der Waals surface area contributed by atoms with Gasteiger partial charge < -0.3 is 5.11 Å². The Morgan fingerprint density at radius 3 is 2.65 bits per heavy atom. The van der Waals surface area contributed by atoms with Crippen molar-refractivity contribution >= 4 is 27.3 Å². The number of halogens is 1. The van der Waals surface area contributed by atoms with Crippen LogP contribution >= 0.6 is 27.3 Å². The van der Waals surface area contributed by atoms with Gasteiger partial charge in [0.25, 0.3) is 0 Å². The molecular weight excluding hydrogens is 300 g/mol. The lowest BCUT2D eigenvalue weighted by molar-refractivity contribution is 0.178. The van der Waals surface area contributed by atoms with Gasteiger partial charge >= 0.3 is 0 Å². The molecule has 2 aromatic rings. The highest BCUT2D eigenvalue weighted by atomic mass is 79.9. The molecule has 0 aliphatic rings. The zero-order chi connectivity index (χ0) is 12.6. The van der Waals surface area contributed by atoms with Crippen LogP contribution in [0.15, 0.2) is 15.9 Å². The summed E-state index contributed by atoms with van der Waals surface area (Å²) in [6.07, 6.45) is 0.165. The molecule has 0 aromatic carbocycles. The highest BCUT2D eigenvalue weighted by molar-refractivity contribution is 9.11. The number of hydrogen-bond acceptors (Lipinski definition) is 3. The van der Waals surface area contributed by atoms with Crippen molar-refractivity contribution in [1.29, 1.82) is 0 Å². The Kier molecular flexibility index (Phi) is 3.70. The standard InChI is InChI=1S/C12H15BrN2OS/c1-7-12(8(2)15(3)14-7)10(16)6-9-4-5-11(13)17-9/h4-5,10,16H,6H2,1-3H3. The van der Waals surface area contributed by atoms with E-state index in [2.05, 4.69) is 21.0 Å². The summed E-state index contributed by atoms with van der Waals surface area (Å²) in [5, 5.41) is 14.6. The van der Waals surface area contributed by atoms with Crippen molar-refractivity contribution in [2.45, 2.75) is 26.4 Å². The summed E-state index contributed by atoms with van der Waals surface area (Å²) in [7, 11) is 1.90. The molecule has 1 unspecified atom stereocenters. The van der Waals surface area contributed by atoms with E-state index >= 15 is 0 Å². The van der Waals surface area contributed by atoms with Gasteiger partial charge in [-0.05, 0) is 41.9 Å². The molecular formula is C12H15BrN2OS. The van der Waals surface area contributed by atoms with Crippen LogP contribution < -0.4 is 0 Å². The molecule has 5 heteroatoms. The van der Waals surface area contributed by atoms with Crippen molar-refractivity contribution < 1.29 is 5.11 Å². The average molecular weight is 315 g/mol. The van der Waals surface area contributed by atoms with Gasteiger partial charge in [-0.2, -0.15) is 5.10 Å². The predicted octanol–water partition coefficient (Wildman–Crippen LogP) is 3.14. The largest absolute Gasteiger partial charge is 0.388 e. The fraction of sp³-hybridized carbons (Fsp3) is 0.417. The second-order valence-electron chi connectivity index (χ2n) is 4.13. The summed E-state index contributed by atoms with van der Waals surface area (Å²) in [6.45, 7) is 3.93. The minimum atomic E-state index is -0.478. The van der Waals surface area contributed by atoms with Crippen LogP contribution in [-0.2, 0) is 13.5 Å². The van der Waals surface area contributed by atoms with E-state index in [4.69, 9.17) is 0 Å². The molecule has 92 valence electrons. The van der Waals surface area contributed by atoms with Gasteiger partial charge in [-0.15, -0.1) is 11.3 Å². The topological polar surface area (TPSA) is 38.0 Å². The molecule has 1 atom stereocenters. The molecule has 0 aliphatic heterocycles. The monoisotopic (exact) mass is 314 g/mol.